The van der Waals surface area contributed by atoms with Crippen LogP contribution < -0.4 is 9.47 Å². The summed E-state index contributed by atoms with van der Waals surface area (Å²) in [7, 11) is 4.65. The molecular weight excluding hydrogens is 334 g/mol. The van der Waals surface area contributed by atoms with Gasteiger partial charge in [0.1, 0.15) is 17.3 Å². The molecule has 6 nitrogen and oxygen atoms in total. The molecule has 1 saturated heterocycles. The molecule has 0 spiro atoms. The molecule has 0 radical (unpaired) electrons. The maximum Gasteiger partial charge on any atom is 0.295 e. The summed E-state index contributed by atoms with van der Waals surface area (Å²) < 4.78 is 10.2. The highest BCUT2D eigenvalue weighted by Crippen LogP contribution is 2.38. The number of likely N-dealkylation sites (tertiary alicyclic amines) is 1. The quantitative estimate of drug-likeness (QED) is 0.520. The molecule has 134 valence electrons. The van der Waals surface area contributed by atoms with E-state index in [9.17, 15) is 14.7 Å². The van der Waals surface area contributed by atoms with Crippen molar-refractivity contribution in [3.63, 3.8) is 0 Å². The Morgan fingerprint density at radius 3 is 1.92 bits per heavy atom. The second-order valence-corrected chi connectivity index (χ2v) is 5.91. The molecule has 1 aliphatic rings. The summed E-state index contributed by atoms with van der Waals surface area (Å²) >= 11 is 0. The van der Waals surface area contributed by atoms with E-state index >= 15 is 0 Å². The van der Waals surface area contributed by atoms with Crippen LogP contribution in [-0.4, -0.2) is 43.0 Å². The lowest BCUT2D eigenvalue weighted by molar-refractivity contribution is -0.139. The van der Waals surface area contributed by atoms with Gasteiger partial charge in [-0.15, -0.1) is 0 Å². The van der Waals surface area contributed by atoms with Crippen LogP contribution in [0.2, 0.25) is 0 Å². The Morgan fingerprint density at radius 1 is 0.923 bits per heavy atom. The number of carbonyl (C=O) groups excluding carboxylic acids is 2. The van der Waals surface area contributed by atoms with Crippen molar-refractivity contribution in [1.82, 2.24) is 4.90 Å². The first-order valence-corrected chi connectivity index (χ1v) is 8.01. The molecule has 26 heavy (non-hydrogen) atoms. The van der Waals surface area contributed by atoms with Gasteiger partial charge in [-0.3, -0.25) is 9.59 Å². The van der Waals surface area contributed by atoms with Crippen molar-refractivity contribution in [3.05, 3.63) is 65.2 Å². The number of ether oxygens (including phenoxy) is 2. The summed E-state index contributed by atoms with van der Waals surface area (Å²) in [5.74, 6) is -0.278. The summed E-state index contributed by atoms with van der Waals surface area (Å²) in [5, 5.41) is 10.7. The normalized spacial score (nSPS) is 18.9. The zero-order chi connectivity index (χ0) is 18.8. The Kier molecular flexibility index (Phi) is 4.67. The number of rotatable bonds is 4. The maximum absolute atomic E-state index is 12.5. The molecule has 0 bridgehead atoms. The third-order valence-corrected chi connectivity index (χ3v) is 4.47. The Hall–Kier alpha value is -3.28. The molecule has 2 aromatic rings. The van der Waals surface area contributed by atoms with Crippen molar-refractivity contribution in [2.45, 2.75) is 6.04 Å². The number of amides is 1. The van der Waals surface area contributed by atoms with Gasteiger partial charge in [0.2, 0.25) is 0 Å². The fraction of sp³-hybridized carbons (Fsp3) is 0.200. The van der Waals surface area contributed by atoms with E-state index in [2.05, 4.69) is 0 Å². The van der Waals surface area contributed by atoms with Gasteiger partial charge >= 0.3 is 0 Å². The van der Waals surface area contributed by atoms with Crippen molar-refractivity contribution < 1.29 is 24.2 Å². The van der Waals surface area contributed by atoms with Crippen LogP contribution in [0, 0.1) is 0 Å². The van der Waals surface area contributed by atoms with E-state index in [4.69, 9.17) is 9.47 Å². The number of likely N-dealkylation sites (N-methyl/N-ethyl adjacent to an activating group) is 1. The van der Waals surface area contributed by atoms with Crippen LogP contribution in [-0.2, 0) is 9.59 Å². The SMILES string of the molecule is COc1ccc(/C(O)=C2/C(=O)C(=O)N(C)C2c2ccc(OC)cc2)cc1. The van der Waals surface area contributed by atoms with Gasteiger partial charge in [0, 0.05) is 12.6 Å². The topological polar surface area (TPSA) is 76.1 Å². The van der Waals surface area contributed by atoms with Crippen molar-refractivity contribution in [2.24, 2.45) is 0 Å². The largest absolute Gasteiger partial charge is 0.507 e. The van der Waals surface area contributed by atoms with E-state index in [-0.39, 0.29) is 11.3 Å². The maximum atomic E-state index is 12.5. The van der Waals surface area contributed by atoms with Gasteiger partial charge in [-0.1, -0.05) is 12.1 Å². The minimum Gasteiger partial charge on any atom is -0.507 e. The van der Waals surface area contributed by atoms with Crippen LogP contribution in [0.3, 0.4) is 0 Å². The van der Waals surface area contributed by atoms with E-state index < -0.39 is 17.7 Å². The highest BCUT2D eigenvalue weighted by molar-refractivity contribution is 6.46. The molecule has 2 aromatic carbocycles. The van der Waals surface area contributed by atoms with E-state index in [1.165, 1.54) is 4.90 Å². The van der Waals surface area contributed by atoms with Crippen LogP contribution in [0.25, 0.3) is 5.76 Å². The number of benzene rings is 2. The van der Waals surface area contributed by atoms with Gasteiger partial charge in [-0.25, -0.2) is 0 Å². The molecule has 0 saturated carbocycles. The lowest BCUT2D eigenvalue weighted by Gasteiger charge is -2.21. The Morgan fingerprint density at radius 2 is 1.42 bits per heavy atom. The van der Waals surface area contributed by atoms with E-state index in [0.29, 0.717) is 22.6 Å². The lowest BCUT2D eigenvalue weighted by atomic mass is 9.95. The van der Waals surface area contributed by atoms with Gasteiger partial charge in [0.15, 0.2) is 0 Å². The van der Waals surface area contributed by atoms with Gasteiger partial charge in [0.25, 0.3) is 11.7 Å². The molecule has 1 heterocycles. The number of methoxy groups -OCH3 is 2. The highest BCUT2D eigenvalue weighted by Gasteiger charge is 2.44. The average molecular weight is 353 g/mol. The van der Waals surface area contributed by atoms with Crippen LogP contribution in [0.15, 0.2) is 54.1 Å². The zero-order valence-corrected chi connectivity index (χ0v) is 14.7. The van der Waals surface area contributed by atoms with Crippen molar-refractivity contribution in [1.29, 1.82) is 0 Å². The van der Waals surface area contributed by atoms with E-state index in [0.717, 1.165) is 0 Å². The number of aliphatic hydroxyl groups excluding tert-OH is 1. The molecule has 0 aromatic heterocycles. The average Bonchev–Trinajstić information content (AvgIpc) is 2.91. The second-order valence-electron chi connectivity index (χ2n) is 5.91. The monoisotopic (exact) mass is 353 g/mol. The first-order chi connectivity index (χ1) is 12.5. The molecule has 1 amide bonds. The predicted molar refractivity (Wildman–Crippen MR) is 96.1 cm³/mol. The molecule has 6 heteroatoms. The third-order valence-electron chi connectivity index (χ3n) is 4.47. The third kappa shape index (κ3) is 2.90. The fourth-order valence-electron chi connectivity index (χ4n) is 3.03. The fourth-order valence-corrected chi connectivity index (χ4v) is 3.03. The highest BCUT2D eigenvalue weighted by atomic mass is 16.5. The molecule has 3 rings (SSSR count). The first-order valence-electron chi connectivity index (χ1n) is 8.01. The molecule has 1 unspecified atom stereocenters. The molecule has 1 aliphatic heterocycles. The van der Waals surface area contributed by atoms with Crippen molar-refractivity contribution >= 4 is 17.4 Å². The van der Waals surface area contributed by atoms with E-state index in [1.807, 2.05) is 0 Å². The van der Waals surface area contributed by atoms with Crippen LogP contribution >= 0.6 is 0 Å². The number of hydrogen-bond donors (Lipinski definition) is 1. The van der Waals surface area contributed by atoms with Crippen molar-refractivity contribution in [2.75, 3.05) is 21.3 Å². The first kappa shape index (κ1) is 17.5. The van der Waals surface area contributed by atoms with Crippen LogP contribution in [0.4, 0.5) is 0 Å². The number of nitrogens with zero attached hydrogens (tertiary/aromatic N) is 1. The number of carbonyl (C=O) groups is 2. The number of ketones is 1. The zero-order valence-electron chi connectivity index (χ0n) is 14.7. The number of hydrogen-bond acceptors (Lipinski definition) is 5. The van der Waals surface area contributed by atoms with Gasteiger partial charge in [0.05, 0.1) is 25.8 Å². The predicted octanol–water partition coefficient (Wildman–Crippen LogP) is 2.76. The molecule has 1 N–H and O–H groups in total. The Bertz CT molecular complexity index is 868. The Balaban J connectivity index is 2.10. The molecule has 0 aliphatic carbocycles. The molecule has 1 fully saturated rings. The number of Topliss-reactive ketones (excluding diaryl/α,β-unsaturated/α-hetero) is 1. The minimum atomic E-state index is -0.707. The standard InChI is InChI=1S/C20H19NO5/c1-21-17(12-4-8-14(25-2)9-5-12)16(19(23)20(21)24)18(22)13-6-10-15(26-3)11-7-13/h4-11,17,22H,1-3H3/b18-16-. The smallest absolute Gasteiger partial charge is 0.295 e. The van der Waals surface area contributed by atoms with Crippen LogP contribution in [0.5, 0.6) is 11.5 Å². The van der Waals surface area contributed by atoms with Gasteiger partial charge < -0.3 is 19.5 Å². The summed E-state index contributed by atoms with van der Waals surface area (Å²) in [4.78, 5) is 26.1. The summed E-state index contributed by atoms with van der Waals surface area (Å²) in [6, 6.07) is 13.0. The number of aliphatic hydroxyl groups is 1. The summed E-state index contributed by atoms with van der Waals surface area (Å²) in [5.41, 5.74) is 1.21. The van der Waals surface area contributed by atoms with Gasteiger partial charge in [-0.2, -0.15) is 0 Å². The second kappa shape index (κ2) is 6.92. The summed E-state index contributed by atoms with van der Waals surface area (Å²) in [6.07, 6.45) is 0. The van der Waals surface area contributed by atoms with Crippen LogP contribution in [0.1, 0.15) is 17.2 Å². The Labute approximate surface area is 151 Å². The molecule has 1 atom stereocenters. The van der Waals surface area contributed by atoms with Gasteiger partial charge in [-0.05, 0) is 42.0 Å². The summed E-state index contributed by atoms with van der Waals surface area (Å²) in [6.45, 7) is 0. The lowest BCUT2D eigenvalue weighted by Crippen LogP contribution is -2.24. The van der Waals surface area contributed by atoms with Crippen molar-refractivity contribution in [3.8, 4) is 11.5 Å². The minimum absolute atomic E-state index is 0.0628. The molecular formula is C20H19NO5. The van der Waals surface area contributed by atoms with E-state index in [1.54, 1.807) is 69.8 Å².